The Bertz CT molecular complexity index is 269. The molecule has 0 aromatic heterocycles. The quantitative estimate of drug-likeness (QED) is 0.664. The summed E-state index contributed by atoms with van der Waals surface area (Å²) in [4.78, 5) is 13.8. The van der Waals surface area contributed by atoms with E-state index in [0.29, 0.717) is 12.0 Å². The van der Waals surface area contributed by atoms with E-state index in [1.54, 1.807) is 0 Å². The Hall–Kier alpha value is -0.610. The molecule has 0 saturated carbocycles. The summed E-state index contributed by atoms with van der Waals surface area (Å²) in [5, 5.41) is 3.40. The van der Waals surface area contributed by atoms with Crippen LogP contribution in [0.2, 0.25) is 0 Å². The van der Waals surface area contributed by atoms with Crippen molar-refractivity contribution in [3.63, 3.8) is 0 Å². The predicted octanol–water partition coefficient (Wildman–Crippen LogP) is -0.208. The van der Waals surface area contributed by atoms with Crippen molar-refractivity contribution < 1.29 is 4.79 Å². The van der Waals surface area contributed by atoms with Gasteiger partial charge in [0.15, 0.2) is 0 Å². The Kier molecular flexibility index (Phi) is 2.73. The summed E-state index contributed by atoms with van der Waals surface area (Å²) < 4.78 is 0. The van der Waals surface area contributed by atoms with Crippen LogP contribution in [0.25, 0.3) is 0 Å². The number of hydrogen-bond donors (Lipinski definition) is 2. The van der Waals surface area contributed by atoms with Crippen LogP contribution in [0.5, 0.6) is 0 Å². The summed E-state index contributed by atoms with van der Waals surface area (Å²) in [6.45, 7) is 8.24. The molecule has 2 saturated heterocycles. The lowest BCUT2D eigenvalue weighted by Crippen LogP contribution is -2.42. The van der Waals surface area contributed by atoms with E-state index in [0.717, 1.165) is 32.6 Å². The number of amides is 1. The van der Waals surface area contributed by atoms with Crippen LogP contribution in [0, 0.1) is 11.3 Å². The van der Waals surface area contributed by atoms with Gasteiger partial charge in [-0.15, -0.1) is 0 Å². The molecule has 4 nitrogen and oxygen atoms in total. The van der Waals surface area contributed by atoms with Crippen molar-refractivity contribution in [2.24, 2.45) is 17.1 Å². The Morgan fingerprint density at radius 2 is 2.27 bits per heavy atom. The summed E-state index contributed by atoms with van der Waals surface area (Å²) in [5.74, 6) is 0.531. The Morgan fingerprint density at radius 1 is 1.53 bits per heavy atom. The molecular formula is C11H21N3O. The first-order valence-electron chi connectivity index (χ1n) is 5.77. The summed E-state index contributed by atoms with van der Waals surface area (Å²) in [6.07, 6.45) is 0.908. The molecule has 0 radical (unpaired) electrons. The first-order chi connectivity index (χ1) is 7.03. The molecule has 4 heteroatoms. The number of hydrogen-bond acceptors (Lipinski definition) is 3. The van der Waals surface area contributed by atoms with Gasteiger partial charge >= 0.3 is 0 Å². The maximum absolute atomic E-state index is 11.3. The Labute approximate surface area is 91.2 Å². The van der Waals surface area contributed by atoms with Crippen LogP contribution in [0.4, 0.5) is 0 Å². The maximum Gasteiger partial charge on any atom is 0.224 e. The molecule has 1 amide bonds. The molecule has 2 rings (SSSR count). The second-order valence-electron chi connectivity index (χ2n) is 5.35. The molecule has 0 aromatic carbocycles. The standard InChI is InChI=1S/C11H21N3O/c1-8-5-13-6-9(8)14-4-3-11(2,7-14)10(12)15/h8-9,13H,3-7H2,1-2H3,(H2,12,15). The molecule has 0 aliphatic carbocycles. The zero-order valence-corrected chi connectivity index (χ0v) is 9.62. The average Bonchev–Trinajstić information content (AvgIpc) is 2.73. The lowest BCUT2D eigenvalue weighted by Gasteiger charge is -2.28. The lowest BCUT2D eigenvalue weighted by atomic mass is 9.89. The first kappa shape index (κ1) is 10.9. The molecule has 2 aliphatic rings. The van der Waals surface area contributed by atoms with Gasteiger partial charge in [0.25, 0.3) is 0 Å². The second kappa shape index (κ2) is 3.76. The van der Waals surface area contributed by atoms with E-state index in [1.165, 1.54) is 0 Å². The van der Waals surface area contributed by atoms with Crippen molar-refractivity contribution in [2.75, 3.05) is 26.2 Å². The molecule has 2 heterocycles. The van der Waals surface area contributed by atoms with Crippen molar-refractivity contribution in [1.29, 1.82) is 0 Å². The number of likely N-dealkylation sites (tertiary alicyclic amines) is 1. The SMILES string of the molecule is CC1CNCC1N1CCC(C)(C(N)=O)C1. The number of nitrogens with zero attached hydrogens (tertiary/aromatic N) is 1. The summed E-state index contributed by atoms with van der Waals surface area (Å²) in [5.41, 5.74) is 5.14. The number of rotatable bonds is 2. The number of carbonyl (C=O) groups excluding carboxylic acids is 1. The van der Waals surface area contributed by atoms with Crippen LogP contribution in [-0.4, -0.2) is 43.0 Å². The van der Waals surface area contributed by atoms with Gasteiger partial charge in [0.2, 0.25) is 5.91 Å². The minimum atomic E-state index is -0.303. The molecule has 0 bridgehead atoms. The number of carbonyl (C=O) groups is 1. The number of nitrogens with one attached hydrogen (secondary N) is 1. The summed E-state index contributed by atoms with van der Waals surface area (Å²) >= 11 is 0. The summed E-state index contributed by atoms with van der Waals surface area (Å²) in [7, 11) is 0. The fourth-order valence-electron chi connectivity index (χ4n) is 2.77. The van der Waals surface area contributed by atoms with Gasteiger partial charge in [-0.2, -0.15) is 0 Å². The fraction of sp³-hybridized carbons (Fsp3) is 0.909. The van der Waals surface area contributed by atoms with Crippen molar-refractivity contribution >= 4 is 5.91 Å². The third-order valence-corrected chi connectivity index (χ3v) is 4.04. The molecule has 0 spiro atoms. The van der Waals surface area contributed by atoms with E-state index in [-0.39, 0.29) is 11.3 Å². The highest BCUT2D eigenvalue weighted by atomic mass is 16.1. The van der Waals surface area contributed by atoms with Crippen LogP contribution in [-0.2, 0) is 4.79 Å². The van der Waals surface area contributed by atoms with E-state index in [1.807, 2.05) is 6.92 Å². The minimum absolute atomic E-state index is 0.149. The Balaban J connectivity index is 2.00. The average molecular weight is 211 g/mol. The highest BCUT2D eigenvalue weighted by molar-refractivity contribution is 5.81. The molecule has 3 atom stereocenters. The molecule has 3 N–H and O–H groups in total. The topological polar surface area (TPSA) is 58.4 Å². The van der Waals surface area contributed by atoms with Crippen molar-refractivity contribution in [2.45, 2.75) is 26.3 Å². The van der Waals surface area contributed by atoms with Gasteiger partial charge in [0, 0.05) is 19.1 Å². The number of primary amides is 1. The third-order valence-electron chi connectivity index (χ3n) is 4.04. The molecular weight excluding hydrogens is 190 g/mol. The molecule has 2 fully saturated rings. The normalized spacial score (nSPS) is 42.3. The van der Waals surface area contributed by atoms with E-state index in [2.05, 4.69) is 17.1 Å². The fourth-order valence-corrected chi connectivity index (χ4v) is 2.77. The minimum Gasteiger partial charge on any atom is -0.369 e. The van der Waals surface area contributed by atoms with Crippen LogP contribution in [0.1, 0.15) is 20.3 Å². The van der Waals surface area contributed by atoms with Crippen molar-refractivity contribution in [3.8, 4) is 0 Å². The monoisotopic (exact) mass is 211 g/mol. The first-order valence-corrected chi connectivity index (χ1v) is 5.77. The van der Waals surface area contributed by atoms with Gasteiger partial charge in [0.1, 0.15) is 0 Å². The molecule has 86 valence electrons. The van der Waals surface area contributed by atoms with Gasteiger partial charge in [-0.05, 0) is 32.4 Å². The lowest BCUT2D eigenvalue weighted by molar-refractivity contribution is -0.126. The highest BCUT2D eigenvalue weighted by Crippen LogP contribution is 2.32. The second-order valence-corrected chi connectivity index (χ2v) is 5.35. The van der Waals surface area contributed by atoms with E-state index in [4.69, 9.17) is 5.73 Å². The predicted molar refractivity (Wildman–Crippen MR) is 59.3 cm³/mol. The van der Waals surface area contributed by atoms with Crippen LogP contribution < -0.4 is 11.1 Å². The maximum atomic E-state index is 11.3. The van der Waals surface area contributed by atoms with Gasteiger partial charge in [0.05, 0.1) is 5.41 Å². The molecule has 0 aromatic rings. The largest absolute Gasteiger partial charge is 0.369 e. The van der Waals surface area contributed by atoms with E-state index in [9.17, 15) is 4.79 Å². The zero-order chi connectivity index (χ0) is 11.1. The highest BCUT2D eigenvalue weighted by Gasteiger charge is 2.42. The van der Waals surface area contributed by atoms with Crippen LogP contribution >= 0.6 is 0 Å². The van der Waals surface area contributed by atoms with E-state index < -0.39 is 0 Å². The third kappa shape index (κ3) is 1.88. The summed E-state index contributed by atoms with van der Waals surface area (Å²) in [6, 6.07) is 0.589. The molecule has 15 heavy (non-hydrogen) atoms. The van der Waals surface area contributed by atoms with Crippen LogP contribution in [0.15, 0.2) is 0 Å². The smallest absolute Gasteiger partial charge is 0.224 e. The van der Waals surface area contributed by atoms with E-state index >= 15 is 0 Å². The Morgan fingerprint density at radius 3 is 2.73 bits per heavy atom. The van der Waals surface area contributed by atoms with Gasteiger partial charge in [-0.1, -0.05) is 6.92 Å². The zero-order valence-electron chi connectivity index (χ0n) is 9.62. The molecule has 2 aliphatic heterocycles. The van der Waals surface area contributed by atoms with Gasteiger partial charge < -0.3 is 11.1 Å². The van der Waals surface area contributed by atoms with Crippen LogP contribution in [0.3, 0.4) is 0 Å². The molecule has 3 unspecified atom stereocenters. The van der Waals surface area contributed by atoms with Gasteiger partial charge in [-0.25, -0.2) is 0 Å². The van der Waals surface area contributed by atoms with Gasteiger partial charge in [-0.3, -0.25) is 9.69 Å². The van der Waals surface area contributed by atoms with Crippen molar-refractivity contribution in [3.05, 3.63) is 0 Å². The van der Waals surface area contributed by atoms with Crippen molar-refractivity contribution in [1.82, 2.24) is 10.2 Å². The number of nitrogens with two attached hydrogens (primary N) is 1.